The molecule has 0 bridgehead atoms. The van der Waals surface area contributed by atoms with Gasteiger partial charge in [-0.05, 0) is 64.7 Å². The molecule has 3 atom stereocenters. The van der Waals surface area contributed by atoms with Gasteiger partial charge in [-0.2, -0.15) is 0 Å². The third-order valence-electron chi connectivity index (χ3n) is 5.86. The van der Waals surface area contributed by atoms with Crippen molar-refractivity contribution in [3.05, 3.63) is 0 Å². The van der Waals surface area contributed by atoms with Crippen molar-refractivity contribution < 1.29 is 0 Å². The minimum Gasteiger partial charge on any atom is -0.312 e. The minimum atomic E-state index is 0.424. The molecule has 21 heavy (non-hydrogen) atoms. The Kier molecular flexibility index (Phi) is 6.10. The number of rotatable bonds is 5. The molecule has 1 saturated carbocycles. The maximum Gasteiger partial charge on any atom is 0.0274 e. The number of hydrogen-bond acceptors (Lipinski definition) is 3. The van der Waals surface area contributed by atoms with Crippen LogP contribution in [0.25, 0.3) is 0 Å². The second-order valence-corrected chi connectivity index (χ2v) is 8.10. The molecule has 0 radical (unpaired) electrons. The van der Waals surface area contributed by atoms with Gasteiger partial charge in [-0.1, -0.05) is 27.2 Å². The number of hydrogen-bond donors (Lipinski definition) is 1. The molecule has 3 unspecified atom stereocenters. The first kappa shape index (κ1) is 17.2. The lowest BCUT2D eigenvalue weighted by Gasteiger charge is -2.50. The van der Waals surface area contributed by atoms with Crippen molar-refractivity contribution >= 4 is 0 Å². The lowest BCUT2D eigenvalue weighted by Crippen LogP contribution is -2.61. The second-order valence-electron chi connectivity index (χ2n) is 8.10. The summed E-state index contributed by atoms with van der Waals surface area (Å²) in [6.45, 7) is 10.9. The van der Waals surface area contributed by atoms with Crippen molar-refractivity contribution in [3.63, 3.8) is 0 Å². The Hall–Kier alpha value is -0.120. The van der Waals surface area contributed by atoms with Gasteiger partial charge in [0.25, 0.3) is 0 Å². The molecule has 124 valence electrons. The van der Waals surface area contributed by atoms with Crippen LogP contribution in [-0.2, 0) is 0 Å². The summed E-state index contributed by atoms with van der Waals surface area (Å²) in [4.78, 5) is 5.23. The summed E-state index contributed by atoms with van der Waals surface area (Å²) < 4.78 is 0. The Bertz CT molecular complexity index is 316. The minimum absolute atomic E-state index is 0.424. The van der Waals surface area contributed by atoms with Crippen molar-refractivity contribution in [3.8, 4) is 0 Å². The van der Waals surface area contributed by atoms with Crippen molar-refractivity contribution in [2.45, 2.75) is 77.4 Å². The van der Waals surface area contributed by atoms with Gasteiger partial charge in [0.15, 0.2) is 0 Å². The van der Waals surface area contributed by atoms with Crippen LogP contribution in [0.2, 0.25) is 0 Å². The van der Waals surface area contributed by atoms with Crippen LogP contribution >= 0.6 is 0 Å². The van der Waals surface area contributed by atoms with Crippen molar-refractivity contribution in [1.82, 2.24) is 15.1 Å². The second kappa shape index (κ2) is 7.43. The monoisotopic (exact) mass is 295 g/mol. The summed E-state index contributed by atoms with van der Waals surface area (Å²) in [7, 11) is 4.66. The van der Waals surface area contributed by atoms with Gasteiger partial charge in [0.05, 0.1) is 0 Å². The number of nitrogens with zero attached hydrogens (tertiary/aromatic N) is 2. The highest BCUT2D eigenvalue weighted by molar-refractivity contribution is 4.99. The largest absolute Gasteiger partial charge is 0.312 e. The first-order chi connectivity index (χ1) is 9.95. The van der Waals surface area contributed by atoms with Gasteiger partial charge < -0.3 is 10.2 Å². The Morgan fingerprint density at radius 1 is 1.24 bits per heavy atom. The van der Waals surface area contributed by atoms with Gasteiger partial charge in [-0.3, -0.25) is 4.90 Å². The molecule has 0 spiro atoms. The van der Waals surface area contributed by atoms with Crippen LogP contribution in [0.3, 0.4) is 0 Å². The molecule has 2 aliphatic rings. The molecule has 0 amide bonds. The summed E-state index contributed by atoms with van der Waals surface area (Å²) in [6.07, 6.45) is 8.07. The molecule has 2 fully saturated rings. The van der Waals surface area contributed by atoms with E-state index >= 15 is 0 Å². The van der Waals surface area contributed by atoms with Gasteiger partial charge in [0, 0.05) is 24.7 Å². The summed E-state index contributed by atoms with van der Waals surface area (Å²) in [5.74, 6) is 0. The average Bonchev–Trinajstić information content (AvgIpc) is 2.44. The molecule has 1 aliphatic heterocycles. The average molecular weight is 296 g/mol. The van der Waals surface area contributed by atoms with Gasteiger partial charge in [-0.25, -0.2) is 0 Å². The van der Waals surface area contributed by atoms with E-state index in [2.05, 4.69) is 50.0 Å². The molecule has 1 saturated heterocycles. The zero-order valence-electron chi connectivity index (χ0n) is 15.0. The van der Waals surface area contributed by atoms with Crippen LogP contribution in [-0.4, -0.2) is 61.7 Å². The van der Waals surface area contributed by atoms with E-state index in [1.165, 1.54) is 51.6 Å². The smallest absolute Gasteiger partial charge is 0.0274 e. The molecule has 3 nitrogen and oxygen atoms in total. The SMILES string of the molecule is CCCNC1C(N(C)C2CCCN(C)C2)CCCC1(C)C. The van der Waals surface area contributed by atoms with Gasteiger partial charge in [0.2, 0.25) is 0 Å². The number of nitrogens with one attached hydrogen (secondary N) is 1. The Morgan fingerprint density at radius 3 is 2.67 bits per heavy atom. The predicted molar refractivity (Wildman–Crippen MR) is 91.8 cm³/mol. The predicted octanol–water partition coefficient (Wildman–Crippen LogP) is 2.96. The normalized spacial score (nSPS) is 34.3. The summed E-state index contributed by atoms with van der Waals surface area (Å²) in [5.41, 5.74) is 0.424. The standard InChI is InChI=1S/C18H37N3/c1-6-12-19-17-16(10-7-11-18(17,2)3)21(5)15-9-8-13-20(4)14-15/h15-17,19H,6-14H2,1-5H3. The van der Waals surface area contributed by atoms with Crippen molar-refractivity contribution in [2.24, 2.45) is 5.41 Å². The van der Waals surface area contributed by atoms with Crippen LogP contribution in [0.1, 0.15) is 59.3 Å². The molecule has 1 aliphatic carbocycles. The Labute approximate surface area is 132 Å². The molecule has 2 rings (SSSR count). The van der Waals surface area contributed by atoms with Crippen LogP contribution in [0.4, 0.5) is 0 Å². The van der Waals surface area contributed by atoms with Crippen LogP contribution in [0.5, 0.6) is 0 Å². The third kappa shape index (κ3) is 4.20. The van der Waals surface area contributed by atoms with E-state index in [4.69, 9.17) is 0 Å². The van der Waals surface area contributed by atoms with Gasteiger partial charge >= 0.3 is 0 Å². The molecular formula is C18H37N3. The highest BCUT2D eigenvalue weighted by atomic mass is 15.2. The van der Waals surface area contributed by atoms with E-state index in [0.717, 1.165) is 12.6 Å². The van der Waals surface area contributed by atoms with Gasteiger partial charge in [0.1, 0.15) is 0 Å². The zero-order chi connectivity index (χ0) is 15.5. The van der Waals surface area contributed by atoms with E-state index in [1.807, 2.05) is 0 Å². The number of likely N-dealkylation sites (N-methyl/N-ethyl adjacent to an activating group) is 2. The van der Waals surface area contributed by atoms with Crippen LogP contribution < -0.4 is 5.32 Å². The maximum absolute atomic E-state index is 3.89. The highest BCUT2D eigenvalue weighted by Crippen LogP contribution is 2.38. The van der Waals surface area contributed by atoms with E-state index in [9.17, 15) is 0 Å². The van der Waals surface area contributed by atoms with Crippen molar-refractivity contribution in [2.75, 3.05) is 33.7 Å². The topological polar surface area (TPSA) is 18.5 Å². The molecule has 0 aromatic carbocycles. The van der Waals surface area contributed by atoms with Crippen molar-refractivity contribution in [1.29, 1.82) is 0 Å². The number of likely N-dealkylation sites (tertiary alicyclic amines) is 1. The van der Waals surface area contributed by atoms with Crippen LogP contribution in [0, 0.1) is 5.41 Å². The van der Waals surface area contributed by atoms with E-state index in [-0.39, 0.29) is 0 Å². The van der Waals surface area contributed by atoms with Crippen LogP contribution in [0.15, 0.2) is 0 Å². The number of piperidine rings is 1. The fraction of sp³-hybridized carbons (Fsp3) is 1.00. The Morgan fingerprint density at radius 2 is 2.00 bits per heavy atom. The molecule has 0 aromatic heterocycles. The zero-order valence-corrected chi connectivity index (χ0v) is 15.0. The highest BCUT2D eigenvalue weighted by Gasteiger charge is 2.41. The summed E-state index contributed by atoms with van der Waals surface area (Å²) in [5, 5.41) is 3.89. The quantitative estimate of drug-likeness (QED) is 0.841. The first-order valence-electron chi connectivity index (χ1n) is 9.09. The van der Waals surface area contributed by atoms with Gasteiger partial charge in [-0.15, -0.1) is 0 Å². The molecule has 1 heterocycles. The molecule has 3 heteroatoms. The fourth-order valence-corrected chi connectivity index (χ4v) is 4.50. The molecular weight excluding hydrogens is 258 g/mol. The third-order valence-corrected chi connectivity index (χ3v) is 5.86. The Balaban J connectivity index is 2.06. The summed E-state index contributed by atoms with van der Waals surface area (Å²) in [6, 6.07) is 2.09. The van der Waals surface area contributed by atoms with E-state index in [1.54, 1.807) is 0 Å². The lowest BCUT2D eigenvalue weighted by molar-refractivity contribution is 0.0196. The molecule has 0 aromatic rings. The summed E-state index contributed by atoms with van der Waals surface area (Å²) >= 11 is 0. The maximum atomic E-state index is 3.89. The van der Waals surface area contributed by atoms with E-state index < -0.39 is 0 Å². The molecule has 1 N–H and O–H groups in total. The lowest BCUT2D eigenvalue weighted by atomic mass is 9.70. The van der Waals surface area contributed by atoms with E-state index in [0.29, 0.717) is 17.5 Å². The fourth-order valence-electron chi connectivity index (χ4n) is 4.50. The first-order valence-corrected chi connectivity index (χ1v) is 9.09.